The van der Waals surface area contributed by atoms with Crippen LogP contribution in [-0.2, 0) is 0 Å². The molecule has 58 valence electrons. The summed E-state index contributed by atoms with van der Waals surface area (Å²) in [6, 6.07) is 3.79. The molecule has 1 rings (SSSR count). The first-order chi connectivity index (χ1) is 5.20. The zero-order chi connectivity index (χ0) is 8.27. The van der Waals surface area contributed by atoms with Gasteiger partial charge in [0.25, 0.3) is 0 Å². The van der Waals surface area contributed by atoms with Gasteiger partial charge in [-0.05, 0) is 42.2 Å². The van der Waals surface area contributed by atoms with Crippen molar-refractivity contribution in [3.8, 4) is 5.06 Å². The molecule has 0 atom stereocenters. The van der Waals surface area contributed by atoms with Crippen LogP contribution in [0.25, 0.3) is 0 Å². The molecule has 0 aliphatic rings. The second kappa shape index (κ2) is 3.64. The highest BCUT2D eigenvalue weighted by Gasteiger charge is 1.99. The van der Waals surface area contributed by atoms with Crippen molar-refractivity contribution in [3.63, 3.8) is 0 Å². The number of thiophene rings is 1. The van der Waals surface area contributed by atoms with Crippen molar-refractivity contribution in [1.82, 2.24) is 0 Å². The lowest BCUT2D eigenvalue weighted by Crippen LogP contribution is -2.03. The van der Waals surface area contributed by atoms with Crippen LogP contribution < -0.4 is 4.74 Å². The molecule has 0 saturated heterocycles. The lowest BCUT2D eigenvalue weighted by atomic mass is 10.4. The van der Waals surface area contributed by atoms with E-state index in [1.54, 1.807) is 0 Å². The fourth-order valence-electron chi connectivity index (χ4n) is 0.500. The summed E-state index contributed by atoms with van der Waals surface area (Å²) in [6.07, 6.45) is 0. The number of ether oxygens (including phenoxy) is 1. The number of hydrogen-bond donors (Lipinski definition) is 0. The van der Waals surface area contributed by atoms with Crippen molar-refractivity contribution < 1.29 is 4.74 Å². The number of hydrogen-bond acceptors (Lipinski definition) is 3. The van der Waals surface area contributed by atoms with E-state index in [2.05, 4.69) is 6.58 Å². The molecule has 1 aromatic heterocycles. The Morgan fingerprint density at radius 3 is 2.91 bits per heavy atom. The van der Waals surface area contributed by atoms with Crippen molar-refractivity contribution >= 4 is 28.6 Å². The van der Waals surface area contributed by atoms with Gasteiger partial charge in [-0.25, -0.2) is 0 Å². The summed E-state index contributed by atoms with van der Waals surface area (Å²) in [5, 5.41) is 3.22. The minimum Gasteiger partial charge on any atom is -0.435 e. The summed E-state index contributed by atoms with van der Waals surface area (Å²) in [4.78, 5) is 0. The standard InChI is InChI=1S/C8H8OS2/c1-6(2)8(10)9-7-4-3-5-11-7/h3-5H,1H2,2H3. The minimum absolute atomic E-state index is 0.465. The van der Waals surface area contributed by atoms with E-state index in [9.17, 15) is 0 Å². The average Bonchev–Trinajstić information content (AvgIpc) is 2.39. The number of thiocarbonyl (C=S) groups is 1. The zero-order valence-corrected chi connectivity index (χ0v) is 7.80. The van der Waals surface area contributed by atoms with Crippen molar-refractivity contribution in [1.29, 1.82) is 0 Å². The monoisotopic (exact) mass is 184 g/mol. The third-order valence-corrected chi connectivity index (χ3v) is 2.21. The van der Waals surface area contributed by atoms with E-state index in [1.165, 1.54) is 11.3 Å². The van der Waals surface area contributed by atoms with Crippen LogP contribution in [0.2, 0.25) is 0 Å². The average molecular weight is 184 g/mol. The molecule has 11 heavy (non-hydrogen) atoms. The Labute approximate surface area is 75.3 Å². The molecule has 0 aromatic carbocycles. The first-order valence-corrected chi connectivity index (χ1v) is 4.40. The quantitative estimate of drug-likeness (QED) is 0.516. The highest BCUT2D eigenvalue weighted by Crippen LogP contribution is 2.19. The molecule has 0 bridgehead atoms. The van der Waals surface area contributed by atoms with Crippen LogP contribution in [0.4, 0.5) is 0 Å². The summed E-state index contributed by atoms with van der Waals surface area (Å²) >= 11 is 6.43. The molecule has 0 saturated carbocycles. The lowest BCUT2D eigenvalue weighted by Gasteiger charge is -2.01. The van der Waals surface area contributed by atoms with Gasteiger partial charge in [0.2, 0.25) is 0 Å². The van der Waals surface area contributed by atoms with Gasteiger partial charge in [0.15, 0.2) is 10.1 Å². The van der Waals surface area contributed by atoms with Gasteiger partial charge < -0.3 is 4.74 Å². The predicted octanol–water partition coefficient (Wildman–Crippen LogP) is 3.03. The van der Waals surface area contributed by atoms with Gasteiger partial charge in [-0.1, -0.05) is 6.58 Å². The summed E-state index contributed by atoms with van der Waals surface area (Å²) in [6.45, 7) is 5.50. The molecule has 0 aliphatic heterocycles. The molecule has 1 heterocycles. The minimum atomic E-state index is 0.465. The molecule has 0 unspecified atom stereocenters. The van der Waals surface area contributed by atoms with Crippen molar-refractivity contribution in [2.24, 2.45) is 0 Å². The van der Waals surface area contributed by atoms with E-state index in [1.807, 2.05) is 24.4 Å². The molecule has 0 spiro atoms. The van der Waals surface area contributed by atoms with Gasteiger partial charge in [-0.15, -0.1) is 11.3 Å². The van der Waals surface area contributed by atoms with E-state index < -0.39 is 0 Å². The maximum absolute atomic E-state index is 5.27. The summed E-state index contributed by atoms with van der Waals surface area (Å²) < 4.78 is 5.27. The Bertz CT molecular complexity index is 262. The summed E-state index contributed by atoms with van der Waals surface area (Å²) in [5.74, 6) is 0. The second-order valence-corrected chi connectivity index (χ2v) is 3.38. The highest BCUT2D eigenvalue weighted by atomic mass is 32.1. The van der Waals surface area contributed by atoms with Crippen molar-refractivity contribution in [2.45, 2.75) is 6.92 Å². The summed E-state index contributed by atoms with van der Waals surface area (Å²) in [5.41, 5.74) is 0.786. The van der Waals surface area contributed by atoms with E-state index in [0.717, 1.165) is 10.6 Å². The Balaban J connectivity index is 2.57. The molecule has 1 aromatic rings. The Kier molecular flexibility index (Phi) is 2.79. The third kappa shape index (κ3) is 2.44. The van der Waals surface area contributed by atoms with Crippen LogP contribution in [0.5, 0.6) is 5.06 Å². The van der Waals surface area contributed by atoms with Gasteiger partial charge in [-0.3, -0.25) is 0 Å². The van der Waals surface area contributed by atoms with Crippen LogP contribution in [0, 0.1) is 0 Å². The Hall–Kier alpha value is -0.670. The maximum Gasteiger partial charge on any atom is 0.194 e. The van der Waals surface area contributed by atoms with Crippen LogP contribution in [-0.4, -0.2) is 5.05 Å². The molecule has 0 radical (unpaired) electrons. The topological polar surface area (TPSA) is 9.23 Å². The van der Waals surface area contributed by atoms with Gasteiger partial charge in [-0.2, -0.15) is 0 Å². The van der Waals surface area contributed by atoms with Crippen LogP contribution in [0.1, 0.15) is 6.92 Å². The lowest BCUT2D eigenvalue weighted by molar-refractivity contribution is 0.582. The molecule has 0 aliphatic carbocycles. The molecule has 0 fully saturated rings. The van der Waals surface area contributed by atoms with Gasteiger partial charge in [0, 0.05) is 0 Å². The first kappa shape index (κ1) is 8.43. The SMILES string of the molecule is C=C(C)C(=S)Oc1cccs1. The Morgan fingerprint density at radius 2 is 2.45 bits per heavy atom. The highest BCUT2D eigenvalue weighted by molar-refractivity contribution is 7.80. The van der Waals surface area contributed by atoms with Crippen LogP contribution in [0.15, 0.2) is 29.7 Å². The van der Waals surface area contributed by atoms with E-state index in [4.69, 9.17) is 17.0 Å². The van der Waals surface area contributed by atoms with Crippen molar-refractivity contribution in [2.75, 3.05) is 0 Å². The Morgan fingerprint density at radius 1 is 1.73 bits per heavy atom. The van der Waals surface area contributed by atoms with Crippen LogP contribution >= 0.6 is 23.6 Å². The van der Waals surface area contributed by atoms with Crippen molar-refractivity contribution in [3.05, 3.63) is 29.7 Å². The van der Waals surface area contributed by atoms with E-state index in [0.29, 0.717) is 5.05 Å². The normalized spacial score (nSPS) is 9.18. The molecule has 3 heteroatoms. The maximum atomic E-state index is 5.27. The van der Waals surface area contributed by atoms with E-state index >= 15 is 0 Å². The van der Waals surface area contributed by atoms with Gasteiger partial charge >= 0.3 is 0 Å². The fourth-order valence-corrected chi connectivity index (χ4v) is 1.22. The van der Waals surface area contributed by atoms with Gasteiger partial charge in [0.05, 0.1) is 0 Å². The summed E-state index contributed by atoms with van der Waals surface area (Å²) in [7, 11) is 0. The fraction of sp³-hybridized carbons (Fsp3) is 0.125. The number of rotatable bonds is 2. The first-order valence-electron chi connectivity index (χ1n) is 3.11. The van der Waals surface area contributed by atoms with Crippen LogP contribution in [0.3, 0.4) is 0 Å². The van der Waals surface area contributed by atoms with Gasteiger partial charge in [0.1, 0.15) is 0 Å². The predicted molar refractivity (Wildman–Crippen MR) is 52.4 cm³/mol. The second-order valence-electron chi connectivity index (χ2n) is 2.10. The molecular formula is C8H8OS2. The third-order valence-electron chi connectivity index (χ3n) is 1.04. The molecule has 0 N–H and O–H groups in total. The van der Waals surface area contributed by atoms with E-state index in [-0.39, 0.29) is 0 Å². The largest absolute Gasteiger partial charge is 0.435 e. The zero-order valence-electron chi connectivity index (χ0n) is 6.16. The molecule has 0 amide bonds. The smallest absolute Gasteiger partial charge is 0.194 e. The molecular weight excluding hydrogens is 176 g/mol. The molecule has 1 nitrogen and oxygen atoms in total.